The predicted molar refractivity (Wildman–Crippen MR) is 244 cm³/mol. The predicted octanol–water partition coefficient (Wildman–Crippen LogP) is 15.0. The molecule has 3 heterocycles. The summed E-state index contributed by atoms with van der Waals surface area (Å²) in [7, 11) is 0. The number of rotatable bonds is 4. The number of furan rings is 1. The van der Waals surface area contributed by atoms with E-state index in [1.54, 1.807) is 0 Å². The molecule has 0 saturated heterocycles. The van der Waals surface area contributed by atoms with Gasteiger partial charge in [-0.25, -0.2) is 9.97 Å². The van der Waals surface area contributed by atoms with Crippen LogP contribution in [0, 0.1) is 0 Å². The fraction of sp³-hybridized carbons (Fsp3) is 0.0370. The van der Waals surface area contributed by atoms with E-state index in [0.29, 0.717) is 5.95 Å². The van der Waals surface area contributed by atoms with Crippen LogP contribution in [0.15, 0.2) is 192 Å². The summed E-state index contributed by atoms with van der Waals surface area (Å²) in [6, 6.07) is 66.8. The Morgan fingerprint density at radius 1 is 0.397 bits per heavy atom. The standard InChI is InChI=1S/C52H31N3O.C2H6/c1-2-13-36-30-47-45(29-35(36)12-1)43-20-10-19-40(37-27-28-42-41-16-6-8-22-48(41)56-49(42)31-37)51(43)55(47)52-53-46-21-7-5-17-44(46)50(54-52)34-25-23-33(24-26-34)39-18-9-14-32-11-3-4-15-38(32)39;1-2/h1-31H;1-2H3. The minimum Gasteiger partial charge on any atom is -0.456 e. The highest BCUT2D eigenvalue weighted by atomic mass is 16.3. The van der Waals surface area contributed by atoms with E-state index < -0.39 is 0 Å². The molecule has 0 bridgehead atoms. The molecule has 12 rings (SSSR count). The van der Waals surface area contributed by atoms with Gasteiger partial charge in [0.15, 0.2) is 0 Å². The average Bonchev–Trinajstić information content (AvgIpc) is 3.83. The number of para-hydroxylation sites is 3. The minimum absolute atomic E-state index is 0.629. The van der Waals surface area contributed by atoms with Crippen LogP contribution in [0.2, 0.25) is 0 Å². The highest BCUT2D eigenvalue weighted by Crippen LogP contribution is 2.42. The normalized spacial score (nSPS) is 11.6. The average molecular weight is 744 g/mol. The van der Waals surface area contributed by atoms with E-state index >= 15 is 0 Å². The molecular formula is C54H37N3O. The molecule has 0 radical (unpaired) electrons. The van der Waals surface area contributed by atoms with Gasteiger partial charge in [-0.1, -0.05) is 166 Å². The second-order valence-electron chi connectivity index (χ2n) is 14.6. The maximum absolute atomic E-state index is 6.39. The van der Waals surface area contributed by atoms with Crippen molar-refractivity contribution in [3.63, 3.8) is 0 Å². The van der Waals surface area contributed by atoms with Crippen LogP contribution in [0.4, 0.5) is 0 Å². The first-order chi connectivity index (χ1) is 28.7. The molecule has 4 heteroatoms. The van der Waals surface area contributed by atoms with Crippen LogP contribution in [0.3, 0.4) is 0 Å². The summed E-state index contributed by atoms with van der Waals surface area (Å²) in [6.07, 6.45) is 0. The molecule has 0 N–H and O–H groups in total. The van der Waals surface area contributed by atoms with Crippen molar-refractivity contribution in [2.75, 3.05) is 0 Å². The Morgan fingerprint density at radius 3 is 1.84 bits per heavy atom. The maximum atomic E-state index is 6.39. The molecule has 0 aliphatic heterocycles. The lowest BCUT2D eigenvalue weighted by Crippen LogP contribution is -2.04. The zero-order valence-electron chi connectivity index (χ0n) is 32.1. The van der Waals surface area contributed by atoms with Gasteiger partial charge in [0.1, 0.15) is 11.2 Å². The van der Waals surface area contributed by atoms with E-state index in [1.165, 1.54) is 32.7 Å². The van der Waals surface area contributed by atoms with Gasteiger partial charge in [-0.2, -0.15) is 0 Å². The van der Waals surface area contributed by atoms with Gasteiger partial charge in [0.05, 0.1) is 22.2 Å². The SMILES string of the molecule is CC.c1ccc2cc3c(cc2c1)c1cccc(-c2ccc4c(c2)oc2ccccc24)c1n3-c1nc(-c2ccc(-c3cccc4ccccc34)cc2)c2ccccc2n1. The molecule has 0 unspecified atom stereocenters. The van der Waals surface area contributed by atoms with Crippen LogP contribution in [0.5, 0.6) is 0 Å². The highest BCUT2D eigenvalue weighted by Gasteiger charge is 2.21. The summed E-state index contributed by atoms with van der Waals surface area (Å²) in [6.45, 7) is 4.00. The van der Waals surface area contributed by atoms with Crippen LogP contribution >= 0.6 is 0 Å². The Bertz CT molecular complexity index is 3530. The first-order valence-corrected chi connectivity index (χ1v) is 20.0. The van der Waals surface area contributed by atoms with E-state index in [-0.39, 0.29) is 0 Å². The van der Waals surface area contributed by atoms with Gasteiger partial charge in [-0.15, -0.1) is 0 Å². The van der Waals surface area contributed by atoms with Crippen molar-refractivity contribution < 1.29 is 4.42 Å². The zero-order valence-corrected chi connectivity index (χ0v) is 32.1. The maximum Gasteiger partial charge on any atom is 0.235 e. The third kappa shape index (κ3) is 5.30. The van der Waals surface area contributed by atoms with Crippen LogP contribution in [0.1, 0.15) is 13.8 Å². The summed E-state index contributed by atoms with van der Waals surface area (Å²) < 4.78 is 8.67. The Labute approximate surface area is 335 Å². The number of aromatic nitrogens is 3. The molecular weight excluding hydrogens is 707 g/mol. The Hall–Kier alpha value is -7.56. The van der Waals surface area contributed by atoms with Crippen molar-refractivity contribution in [3.8, 4) is 39.5 Å². The second-order valence-corrected chi connectivity index (χ2v) is 14.6. The van der Waals surface area contributed by atoms with E-state index in [2.05, 4.69) is 180 Å². The van der Waals surface area contributed by atoms with Crippen molar-refractivity contribution >= 4 is 76.2 Å². The largest absolute Gasteiger partial charge is 0.456 e. The van der Waals surface area contributed by atoms with Crippen LogP contribution < -0.4 is 0 Å². The van der Waals surface area contributed by atoms with E-state index in [0.717, 1.165) is 77.0 Å². The first-order valence-electron chi connectivity index (χ1n) is 20.0. The van der Waals surface area contributed by atoms with Crippen LogP contribution in [-0.4, -0.2) is 14.5 Å². The monoisotopic (exact) mass is 743 g/mol. The third-order valence-electron chi connectivity index (χ3n) is 11.4. The topological polar surface area (TPSA) is 43.9 Å². The van der Waals surface area contributed by atoms with Crippen molar-refractivity contribution in [2.24, 2.45) is 0 Å². The van der Waals surface area contributed by atoms with Crippen molar-refractivity contribution in [2.45, 2.75) is 13.8 Å². The molecule has 0 fully saturated rings. The van der Waals surface area contributed by atoms with Crippen molar-refractivity contribution in [1.82, 2.24) is 14.5 Å². The summed E-state index contributed by atoms with van der Waals surface area (Å²) in [5.41, 5.74) is 11.2. The molecule has 4 nitrogen and oxygen atoms in total. The number of nitrogens with zero attached hydrogens (tertiary/aromatic N) is 3. The molecule has 3 aromatic heterocycles. The lowest BCUT2D eigenvalue weighted by atomic mass is 9.96. The molecule has 12 aromatic rings. The summed E-state index contributed by atoms with van der Waals surface area (Å²) in [5, 5.41) is 10.4. The quantitative estimate of drug-likeness (QED) is 0.180. The smallest absolute Gasteiger partial charge is 0.235 e. The lowest BCUT2D eigenvalue weighted by molar-refractivity contribution is 0.669. The fourth-order valence-corrected chi connectivity index (χ4v) is 8.75. The number of hydrogen-bond acceptors (Lipinski definition) is 3. The second kappa shape index (κ2) is 13.6. The van der Waals surface area contributed by atoms with E-state index in [9.17, 15) is 0 Å². The molecule has 0 atom stereocenters. The summed E-state index contributed by atoms with van der Waals surface area (Å²) >= 11 is 0. The molecule has 0 spiro atoms. The first kappa shape index (κ1) is 33.8. The zero-order chi connectivity index (χ0) is 38.7. The lowest BCUT2D eigenvalue weighted by Gasteiger charge is -2.14. The molecule has 0 aliphatic carbocycles. The minimum atomic E-state index is 0.629. The number of benzene rings is 9. The molecule has 274 valence electrons. The fourth-order valence-electron chi connectivity index (χ4n) is 8.75. The van der Waals surface area contributed by atoms with E-state index in [1.807, 2.05) is 26.0 Å². The molecule has 9 aromatic carbocycles. The third-order valence-corrected chi connectivity index (χ3v) is 11.4. The molecule has 0 aliphatic rings. The van der Waals surface area contributed by atoms with Gasteiger partial charge >= 0.3 is 0 Å². The van der Waals surface area contributed by atoms with E-state index in [4.69, 9.17) is 14.4 Å². The van der Waals surface area contributed by atoms with Gasteiger partial charge in [0, 0.05) is 38.1 Å². The van der Waals surface area contributed by atoms with Gasteiger partial charge in [0.25, 0.3) is 0 Å². The molecule has 0 saturated carbocycles. The number of fused-ring (bicyclic) bond motifs is 9. The van der Waals surface area contributed by atoms with Gasteiger partial charge < -0.3 is 4.42 Å². The Morgan fingerprint density at radius 2 is 1.00 bits per heavy atom. The number of hydrogen-bond donors (Lipinski definition) is 0. The highest BCUT2D eigenvalue weighted by molar-refractivity contribution is 6.17. The van der Waals surface area contributed by atoms with Crippen molar-refractivity contribution in [1.29, 1.82) is 0 Å². The molecule has 0 amide bonds. The van der Waals surface area contributed by atoms with Crippen molar-refractivity contribution in [3.05, 3.63) is 188 Å². The van der Waals surface area contributed by atoms with Gasteiger partial charge in [0.2, 0.25) is 5.95 Å². The Balaban J connectivity index is 0.00000190. The summed E-state index contributed by atoms with van der Waals surface area (Å²) in [5.74, 6) is 0.629. The molecule has 58 heavy (non-hydrogen) atoms. The van der Waals surface area contributed by atoms with Gasteiger partial charge in [-0.05, 0) is 74.6 Å². The van der Waals surface area contributed by atoms with Gasteiger partial charge in [-0.3, -0.25) is 4.57 Å². The van der Waals surface area contributed by atoms with Crippen LogP contribution in [-0.2, 0) is 0 Å². The van der Waals surface area contributed by atoms with Crippen LogP contribution in [0.25, 0.3) is 116 Å². The Kier molecular flexibility index (Phi) is 7.90. The summed E-state index contributed by atoms with van der Waals surface area (Å²) in [4.78, 5) is 10.8.